The summed E-state index contributed by atoms with van der Waals surface area (Å²) in [5.74, 6) is 1.95. The van der Waals surface area contributed by atoms with Crippen molar-refractivity contribution in [3.05, 3.63) is 53.6 Å². The van der Waals surface area contributed by atoms with E-state index < -0.39 is 0 Å². The van der Waals surface area contributed by atoms with E-state index in [0.717, 1.165) is 29.9 Å². The zero-order chi connectivity index (χ0) is 13.9. The minimum absolute atomic E-state index is 0.192. The van der Waals surface area contributed by atoms with E-state index >= 15 is 0 Å². The summed E-state index contributed by atoms with van der Waals surface area (Å²) in [6.45, 7) is 2.08. The van der Waals surface area contributed by atoms with E-state index in [1.807, 2.05) is 12.1 Å². The Bertz CT molecular complexity index is 595. The Labute approximate surface area is 124 Å². The zero-order valence-corrected chi connectivity index (χ0v) is 12.6. The number of rotatable bonds is 3. The van der Waals surface area contributed by atoms with E-state index in [1.54, 1.807) is 18.9 Å². The van der Waals surface area contributed by atoms with Crippen LogP contribution in [0.15, 0.2) is 47.4 Å². The predicted octanol–water partition coefficient (Wildman–Crippen LogP) is 4.45. The third-order valence-corrected chi connectivity index (χ3v) is 4.61. The van der Waals surface area contributed by atoms with Crippen LogP contribution in [-0.4, -0.2) is 12.5 Å². The van der Waals surface area contributed by atoms with E-state index in [1.165, 1.54) is 10.5 Å². The second-order valence-corrected chi connectivity index (χ2v) is 6.18. The van der Waals surface area contributed by atoms with Gasteiger partial charge in [0.15, 0.2) is 0 Å². The number of benzene rings is 2. The van der Waals surface area contributed by atoms with Crippen LogP contribution in [0.25, 0.3) is 0 Å². The van der Waals surface area contributed by atoms with E-state index in [9.17, 15) is 0 Å². The van der Waals surface area contributed by atoms with Gasteiger partial charge in [-0.05, 0) is 55.2 Å². The summed E-state index contributed by atoms with van der Waals surface area (Å²) in [5, 5.41) is 0. The molecule has 0 saturated heterocycles. The summed E-state index contributed by atoms with van der Waals surface area (Å²) >= 11 is 1.79. The molecule has 0 saturated carbocycles. The van der Waals surface area contributed by atoms with Crippen LogP contribution in [0.3, 0.4) is 0 Å². The van der Waals surface area contributed by atoms with Gasteiger partial charge in [0.1, 0.15) is 16.9 Å². The smallest absolute Gasteiger partial charge is 0.149 e. The number of thioether (sulfide) groups is 1. The minimum atomic E-state index is 0.192. The molecule has 1 aliphatic heterocycles. The molecule has 0 fully saturated rings. The first-order valence-electron chi connectivity index (χ1n) is 6.82. The van der Waals surface area contributed by atoms with Crippen LogP contribution in [0.4, 0.5) is 0 Å². The highest BCUT2D eigenvalue weighted by molar-refractivity contribution is 7.99. The molecule has 20 heavy (non-hydrogen) atoms. The van der Waals surface area contributed by atoms with Gasteiger partial charge in [-0.3, -0.25) is 0 Å². The Morgan fingerprint density at radius 3 is 2.75 bits per heavy atom. The molecule has 0 amide bonds. The maximum absolute atomic E-state index is 6.17. The standard InChI is InChI=1S/C17H18O2S/c1-12-10-14(18-2)11-13-8-9-16(19-17(12)13)20-15-6-4-3-5-7-15/h3-7,10-11,16H,8-9H2,1-2H3. The second-order valence-electron chi connectivity index (χ2n) is 4.95. The number of hydrogen-bond donors (Lipinski definition) is 0. The first-order chi connectivity index (χ1) is 9.76. The molecule has 0 radical (unpaired) electrons. The van der Waals surface area contributed by atoms with E-state index in [-0.39, 0.29) is 5.44 Å². The predicted molar refractivity (Wildman–Crippen MR) is 82.8 cm³/mol. The molecule has 2 nitrogen and oxygen atoms in total. The number of methoxy groups -OCH3 is 1. The number of ether oxygens (including phenoxy) is 2. The molecule has 0 aliphatic carbocycles. The van der Waals surface area contributed by atoms with Crippen molar-refractivity contribution in [3.8, 4) is 11.5 Å². The lowest BCUT2D eigenvalue weighted by Crippen LogP contribution is -2.20. The van der Waals surface area contributed by atoms with Crippen LogP contribution in [0.1, 0.15) is 17.5 Å². The number of hydrogen-bond acceptors (Lipinski definition) is 3. The van der Waals surface area contributed by atoms with Crippen LogP contribution in [0, 0.1) is 6.92 Å². The Hall–Kier alpha value is -1.61. The molecule has 1 atom stereocenters. The van der Waals surface area contributed by atoms with Gasteiger partial charge in [0.25, 0.3) is 0 Å². The lowest BCUT2D eigenvalue weighted by atomic mass is 10.0. The van der Waals surface area contributed by atoms with E-state index in [2.05, 4.69) is 37.3 Å². The third kappa shape index (κ3) is 2.78. The Morgan fingerprint density at radius 1 is 1.20 bits per heavy atom. The number of aryl methyl sites for hydroxylation is 2. The molecule has 1 unspecified atom stereocenters. The highest BCUT2D eigenvalue weighted by Gasteiger charge is 2.22. The lowest BCUT2D eigenvalue weighted by molar-refractivity contribution is 0.253. The van der Waals surface area contributed by atoms with Crippen molar-refractivity contribution in [1.82, 2.24) is 0 Å². The molecule has 0 aromatic heterocycles. The molecule has 1 aliphatic rings. The van der Waals surface area contributed by atoms with Crippen molar-refractivity contribution < 1.29 is 9.47 Å². The van der Waals surface area contributed by atoms with Crippen molar-refractivity contribution >= 4 is 11.8 Å². The normalized spacial score (nSPS) is 17.2. The molecular weight excluding hydrogens is 268 g/mol. The molecular formula is C17H18O2S. The average Bonchev–Trinajstić information content (AvgIpc) is 2.48. The van der Waals surface area contributed by atoms with Gasteiger partial charge >= 0.3 is 0 Å². The van der Waals surface area contributed by atoms with E-state index in [0.29, 0.717) is 0 Å². The highest BCUT2D eigenvalue weighted by atomic mass is 32.2. The summed E-state index contributed by atoms with van der Waals surface area (Å²) < 4.78 is 11.5. The molecule has 2 aromatic rings. The SMILES string of the molecule is COc1cc(C)c2c(c1)CCC(Sc1ccccc1)O2. The van der Waals surface area contributed by atoms with Crippen LogP contribution in [0.2, 0.25) is 0 Å². The van der Waals surface area contributed by atoms with Gasteiger partial charge in [0.2, 0.25) is 0 Å². The van der Waals surface area contributed by atoms with Gasteiger partial charge < -0.3 is 9.47 Å². The summed E-state index contributed by atoms with van der Waals surface area (Å²) in [6, 6.07) is 14.6. The third-order valence-electron chi connectivity index (χ3n) is 3.47. The van der Waals surface area contributed by atoms with Gasteiger partial charge in [0.05, 0.1) is 7.11 Å². The number of fused-ring (bicyclic) bond motifs is 1. The fourth-order valence-electron chi connectivity index (χ4n) is 2.48. The molecule has 104 valence electrons. The quantitative estimate of drug-likeness (QED) is 0.830. The Kier molecular flexibility index (Phi) is 3.88. The minimum Gasteiger partial charge on any atom is -0.497 e. The molecule has 3 rings (SSSR count). The summed E-state index contributed by atoms with van der Waals surface area (Å²) in [4.78, 5) is 1.26. The molecule has 0 spiro atoms. The maximum atomic E-state index is 6.17. The van der Waals surface area contributed by atoms with Crippen molar-refractivity contribution in [2.24, 2.45) is 0 Å². The highest BCUT2D eigenvalue weighted by Crippen LogP contribution is 2.38. The van der Waals surface area contributed by atoms with Crippen LogP contribution in [-0.2, 0) is 6.42 Å². The van der Waals surface area contributed by atoms with Gasteiger partial charge in [-0.25, -0.2) is 0 Å². The Morgan fingerprint density at radius 2 is 2.00 bits per heavy atom. The largest absolute Gasteiger partial charge is 0.497 e. The monoisotopic (exact) mass is 286 g/mol. The van der Waals surface area contributed by atoms with Crippen molar-refractivity contribution in [2.45, 2.75) is 30.1 Å². The van der Waals surface area contributed by atoms with Crippen LogP contribution >= 0.6 is 11.8 Å². The lowest BCUT2D eigenvalue weighted by Gasteiger charge is -2.27. The van der Waals surface area contributed by atoms with Crippen molar-refractivity contribution in [3.63, 3.8) is 0 Å². The molecule has 0 N–H and O–H groups in total. The summed E-state index contributed by atoms with van der Waals surface area (Å²) in [7, 11) is 1.71. The molecule has 3 heteroatoms. The molecule has 0 bridgehead atoms. The van der Waals surface area contributed by atoms with Crippen LogP contribution in [0.5, 0.6) is 11.5 Å². The van der Waals surface area contributed by atoms with Gasteiger partial charge in [-0.2, -0.15) is 0 Å². The first-order valence-corrected chi connectivity index (χ1v) is 7.70. The topological polar surface area (TPSA) is 18.5 Å². The zero-order valence-electron chi connectivity index (χ0n) is 11.8. The van der Waals surface area contributed by atoms with Crippen molar-refractivity contribution in [1.29, 1.82) is 0 Å². The maximum Gasteiger partial charge on any atom is 0.149 e. The summed E-state index contributed by atoms with van der Waals surface area (Å²) in [6.07, 6.45) is 2.07. The molecule has 1 heterocycles. The fourth-order valence-corrected chi connectivity index (χ4v) is 3.48. The Balaban J connectivity index is 1.78. The average molecular weight is 286 g/mol. The van der Waals surface area contributed by atoms with Crippen LogP contribution < -0.4 is 9.47 Å². The fraction of sp³-hybridized carbons (Fsp3) is 0.294. The second kappa shape index (κ2) is 5.80. The summed E-state index contributed by atoms with van der Waals surface area (Å²) in [5.41, 5.74) is 2.60. The molecule has 2 aromatic carbocycles. The van der Waals surface area contributed by atoms with E-state index in [4.69, 9.17) is 9.47 Å². The first kappa shape index (κ1) is 13.4. The van der Waals surface area contributed by atoms with Gasteiger partial charge in [0, 0.05) is 4.90 Å². The van der Waals surface area contributed by atoms with Gasteiger partial charge in [-0.1, -0.05) is 30.0 Å². The van der Waals surface area contributed by atoms with Gasteiger partial charge in [-0.15, -0.1) is 0 Å². The van der Waals surface area contributed by atoms with Crippen molar-refractivity contribution in [2.75, 3.05) is 7.11 Å².